The van der Waals surface area contributed by atoms with Gasteiger partial charge in [0.15, 0.2) is 5.82 Å². The average Bonchev–Trinajstić information content (AvgIpc) is 1.57. The summed E-state index contributed by atoms with van der Waals surface area (Å²) < 4.78 is 9.54. The highest BCUT2D eigenvalue weighted by Gasteiger charge is 2.38. The van der Waals surface area contributed by atoms with Crippen LogP contribution in [0.2, 0.25) is 0 Å². The Balaban J connectivity index is 0.000000136. The summed E-state index contributed by atoms with van der Waals surface area (Å²) in [5.74, 6) is 0.819. The van der Waals surface area contributed by atoms with Gasteiger partial charge in [-0.05, 0) is 198 Å². The first-order valence-corrected chi connectivity index (χ1v) is 36.0. The van der Waals surface area contributed by atoms with Gasteiger partial charge in [-0.2, -0.15) is 0 Å². The first kappa shape index (κ1) is 59.2. The van der Waals surface area contributed by atoms with Gasteiger partial charge in [0.1, 0.15) is 0 Å². The maximum Gasteiger partial charge on any atom is 0.156 e. The van der Waals surface area contributed by atoms with Gasteiger partial charge in [0.05, 0.1) is 50.3 Å². The van der Waals surface area contributed by atoms with Crippen molar-refractivity contribution in [2.24, 2.45) is 0 Å². The molecule has 19 aromatic rings. The number of rotatable bonds is 6. The van der Waals surface area contributed by atoms with Gasteiger partial charge >= 0.3 is 0 Å². The lowest BCUT2D eigenvalue weighted by atomic mass is 9.82. The fourth-order valence-electron chi connectivity index (χ4n) is 18.6. The van der Waals surface area contributed by atoms with E-state index in [0.29, 0.717) is 0 Å². The van der Waals surface area contributed by atoms with E-state index in [1.165, 1.54) is 182 Å². The summed E-state index contributed by atoms with van der Waals surface area (Å²) >= 11 is 0. The third-order valence-electron chi connectivity index (χ3n) is 23.6. The zero-order chi connectivity index (χ0) is 68.8. The van der Waals surface area contributed by atoms with Crippen molar-refractivity contribution < 1.29 is 0 Å². The number of hydrogen-bond acceptors (Lipinski definition) is 2. The Kier molecular flexibility index (Phi) is 12.5. The summed E-state index contributed by atoms with van der Waals surface area (Å²) in [7, 11) is 0. The van der Waals surface area contributed by atoms with Gasteiger partial charge in [0.2, 0.25) is 0 Å². The topological polar surface area (TPSA) is 45.5 Å². The number of hydrogen-bond donors (Lipinski definition) is 0. The van der Waals surface area contributed by atoms with Crippen molar-refractivity contribution >= 4 is 87.2 Å². The van der Waals surface area contributed by atoms with E-state index in [1.54, 1.807) is 12.4 Å². The molecule has 103 heavy (non-hydrogen) atoms. The molecule has 0 spiro atoms. The SMILES string of the molecule is CC1(C)c2ccccc2-c2cc(-n3c4ccccc4c4cc(-c5ccc6c(c5)c5ccccc5n6-c5ccc6c(c5)-c5ccccc5C6(C)C)ccc43)ccc21.CC1(C)c2ccccc2-c2cc(-n3c4ccccc4c4cc(-c5ccc6c(c5)c5ccccc5n6-c5cnccn5)ccc43)ccc21. The van der Waals surface area contributed by atoms with Crippen LogP contribution in [0.4, 0.5) is 0 Å². The molecule has 5 aromatic heterocycles. The molecule has 0 saturated carbocycles. The highest BCUT2D eigenvalue weighted by molar-refractivity contribution is 6.15. The first-order chi connectivity index (χ1) is 50.4. The van der Waals surface area contributed by atoms with E-state index in [9.17, 15) is 0 Å². The van der Waals surface area contributed by atoms with Crippen LogP contribution in [0.25, 0.3) is 166 Å². The monoisotopic (exact) mass is 1320 g/mol. The summed E-state index contributed by atoms with van der Waals surface area (Å²) in [4.78, 5) is 8.97. The number of aromatic nitrogens is 6. The Labute approximate surface area is 597 Å². The summed E-state index contributed by atoms with van der Waals surface area (Å²) in [5, 5.41) is 9.98. The van der Waals surface area contributed by atoms with Crippen molar-refractivity contribution in [1.82, 2.24) is 28.2 Å². The molecule has 22 rings (SSSR count). The molecular weight excluding hydrogens is 1250 g/mol. The minimum Gasteiger partial charge on any atom is -0.309 e. The van der Waals surface area contributed by atoms with Crippen molar-refractivity contribution in [1.29, 1.82) is 0 Å². The van der Waals surface area contributed by atoms with Crippen LogP contribution in [0.5, 0.6) is 0 Å². The van der Waals surface area contributed by atoms with Crippen LogP contribution in [0, 0.1) is 0 Å². The predicted octanol–water partition coefficient (Wildman–Crippen LogP) is 24.8. The molecule has 0 N–H and O–H groups in total. The Hall–Kier alpha value is -12.6. The smallest absolute Gasteiger partial charge is 0.156 e. The Bertz CT molecular complexity index is 6620. The number of fused-ring (bicyclic) bond motifs is 21. The van der Waals surface area contributed by atoms with Gasteiger partial charge in [-0.3, -0.25) is 9.55 Å². The third-order valence-corrected chi connectivity index (χ3v) is 23.6. The molecule has 0 atom stereocenters. The zero-order valence-electron chi connectivity index (χ0n) is 58.2. The van der Waals surface area contributed by atoms with Crippen LogP contribution >= 0.6 is 0 Å². The zero-order valence-corrected chi connectivity index (χ0v) is 58.2. The van der Waals surface area contributed by atoms with Crippen LogP contribution in [0.15, 0.2) is 316 Å². The third kappa shape index (κ3) is 8.49. The van der Waals surface area contributed by atoms with Crippen LogP contribution in [0.3, 0.4) is 0 Å². The van der Waals surface area contributed by atoms with Crippen molar-refractivity contribution in [2.45, 2.75) is 57.8 Å². The number of para-hydroxylation sites is 4. The second-order valence-electron chi connectivity index (χ2n) is 30.1. The van der Waals surface area contributed by atoms with Gasteiger partial charge in [-0.1, -0.05) is 230 Å². The normalized spacial score (nSPS) is 14.2. The fraction of sp³-hybridized carbons (Fsp3) is 0.0928. The molecule has 0 bridgehead atoms. The fourth-order valence-corrected chi connectivity index (χ4v) is 18.6. The molecule has 3 aliphatic rings. The van der Waals surface area contributed by atoms with E-state index < -0.39 is 0 Å². The highest BCUT2D eigenvalue weighted by Crippen LogP contribution is 2.53. The second kappa shape index (κ2) is 21.7. The summed E-state index contributed by atoms with van der Waals surface area (Å²) in [5.41, 5.74) is 34.4. The Morgan fingerprint density at radius 3 is 0.816 bits per heavy atom. The molecule has 0 fully saturated rings. The molecule has 3 aliphatic carbocycles. The van der Waals surface area contributed by atoms with E-state index in [4.69, 9.17) is 0 Å². The molecule has 0 unspecified atom stereocenters. The summed E-state index contributed by atoms with van der Waals surface area (Å²) in [6.45, 7) is 14.1. The van der Waals surface area contributed by atoms with E-state index in [0.717, 1.165) is 16.9 Å². The quantitative estimate of drug-likeness (QED) is 0.167. The lowest BCUT2D eigenvalue weighted by Gasteiger charge is -2.21. The summed E-state index contributed by atoms with van der Waals surface area (Å²) in [6, 6.07) is 111. The molecule has 0 radical (unpaired) electrons. The molecule has 6 nitrogen and oxygen atoms in total. The lowest BCUT2D eigenvalue weighted by Crippen LogP contribution is -2.14. The van der Waals surface area contributed by atoms with E-state index in [2.05, 4.69) is 367 Å². The van der Waals surface area contributed by atoms with Gasteiger partial charge in [-0.15, -0.1) is 0 Å². The van der Waals surface area contributed by atoms with Gasteiger partial charge < -0.3 is 13.7 Å². The molecular formula is C97H70N6. The predicted molar refractivity (Wildman–Crippen MR) is 429 cm³/mol. The maximum atomic E-state index is 4.63. The van der Waals surface area contributed by atoms with E-state index in [-0.39, 0.29) is 16.2 Å². The van der Waals surface area contributed by atoms with Crippen LogP contribution in [-0.2, 0) is 16.2 Å². The number of nitrogens with zero attached hydrogens (tertiary/aromatic N) is 6. The number of benzene rings is 14. The molecule has 488 valence electrons. The van der Waals surface area contributed by atoms with Gasteiger partial charge in [-0.25, -0.2) is 4.98 Å². The van der Waals surface area contributed by atoms with Crippen molar-refractivity contribution in [2.75, 3.05) is 0 Å². The standard InChI is InChI=1S/C54H40N2.C43H30N4/c1-53(2)45-17-9-5-13-37(45)41-31-35(23-25-47(41)53)55-49-19-11-7-15-39(49)43-29-33(21-27-51(43)55)34-22-28-52-44(30-34)40-16-8-12-20-50(40)56(52)36-24-26-48-42(32-36)38-14-6-10-18-46(38)54(48,3)4;1-43(2)36-12-6-3-9-30(36)33-25-29(17-18-37(33)43)46-38-13-7-4-10-31(38)34-23-27(15-19-40(34)46)28-16-20-41-35(24-28)32-11-5-8-14-39(32)47(41)42-26-44-21-22-45-42/h5-32H,1-4H3;3-26H,1-2H3. The minimum atomic E-state index is -0.0157. The average molecular weight is 1320 g/mol. The van der Waals surface area contributed by atoms with Crippen LogP contribution in [-0.4, -0.2) is 28.2 Å². The summed E-state index contributed by atoms with van der Waals surface area (Å²) in [6.07, 6.45) is 5.29. The maximum absolute atomic E-state index is 4.63. The highest BCUT2D eigenvalue weighted by atomic mass is 15.1. The molecule has 0 amide bonds. The van der Waals surface area contributed by atoms with Crippen LogP contribution in [0.1, 0.15) is 74.9 Å². The van der Waals surface area contributed by atoms with Gasteiger partial charge in [0.25, 0.3) is 0 Å². The van der Waals surface area contributed by atoms with E-state index in [1.807, 2.05) is 6.20 Å². The minimum absolute atomic E-state index is 0.0118. The van der Waals surface area contributed by atoms with Crippen molar-refractivity contribution in [3.63, 3.8) is 0 Å². The largest absolute Gasteiger partial charge is 0.309 e. The van der Waals surface area contributed by atoms with E-state index >= 15 is 0 Å². The lowest BCUT2D eigenvalue weighted by molar-refractivity contribution is 0.660. The first-order valence-electron chi connectivity index (χ1n) is 36.0. The second-order valence-corrected chi connectivity index (χ2v) is 30.1. The Morgan fingerprint density at radius 1 is 0.223 bits per heavy atom. The molecule has 5 heterocycles. The van der Waals surface area contributed by atoms with Crippen molar-refractivity contribution in [3.8, 4) is 78.5 Å². The van der Waals surface area contributed by atoms with Gasteiger partial charge in [0, 0.05) is 88.8 Å². The van der Waals surface area contributed by atoms with Crippen molar-refractivity contribution in [3.05, 3.63) is 349 Å². The molecule has 0 saturated heterocycles. The Morgan fingerprint density at radius 2 is 0.495 bits per heavy atom. The molecule has 14 aromatic carbocycles. The molecule has 6 heteroatoms. The van der Waals surface area contributed by atoms with Crippen LogP contribution < -0.4 is 0 Å². The molecule has 0 aliphatic heterocycles.